The van der Waals surface area contributed by atoms with E-state index < -0.39 is 0 Å². The number of amides is 1. The second-order valence-corrected chi connectivity index (χ2v) is 6.10. The van der Waals surface area contributed by atoms with Crippen molar-refractivity contribution in [1.82, 2.24) is 10.1 Å². The summed E-state index contributed by atoms with van der Waals surface area (Å²) in [6.07, 6.45) is 7.82. The van der Waals surface area contributed by atoms with Crippen LogP contribution in [-0.2, 0) is 4.79 Å². The first-order chi connectivity index (χ1) is 9.72. The molecule has 1 saturated heterocycles. The lowest BCUT2D eigenvalue weighted by Gasteiger charge is -2.43. The fraction of sp³-hybridized carbons (Fsp3) is 0.733. The molecule has 1 aliphatic heterocycles. The minimum atomic E-state index is 0.0181. The van der Waals surface area contributed by atoms with Gasteiger partial charge in [0, 0.05) is 12.1 Å². The molecule has 0 unspecified atom stereocenters. The van der Waals surface area contributed by atoms with Crippen molar-refractivity contribution in [3.63, 3.8) is 0 Å². The van der Waals surface area contributed by atoms with Crippen LogP contribution in [0.3, 0.4) is 0 Å². The van der Waals surface area contributed by atoms with Gasteiger partial charge >= 0.3 is 0 Å². The molecule has 1 aromatic heterocycles. The number of fused-ring (bicyclic) bond motifs is 1. The molecule has 5 heteroatoms. The predicted octanol–water partition coefficient (Wildman–Crippen LogP) is 2.58. The van der Waals surface area contributed by atoms with Crippen molar-refractivity contribution in [2.75, 3.05) is 18.4 Å². The molecule has 0 radical (unpaired) electrons. The first kappa shape index (κ1) is 13.6. The Kier molecular flexibility index (Phi) is 4.05. The van der Waals surface area contributed by atoms with Crippen molar-refractivity contribution < 1.29 is 9.32 Å². The quantitative estimate of drug-likeness (QED) is 0.922. The summed E-state index contributed by atoms with van der Waals surface area (Å²) in [7, 11) is 0. The second-order valence-electron chi connectivity index (χ2n) is 6.10. The van der Waals surface area contributed by atoms with Gasteiger partial charge < -0.3 is 9.84 Å². The minimum Gasteiger partial charge on any atom is -0.360 e. The molecule has 2 heterocycles. The van der Waals surface area contributed by atoms with Crippen LogP contribution in [-0.4, -0.2) is 35.1 Å². The Hall–Kier alpha value is -1.36. The molecule has 0 aromatic carbocycles. The van der Waals surface area contributed by atoms with E-state index in [2.05, 4.69) is 15.4 Å². The van der Waals surface area contributed by atoms with Gasteiger partial charge in [-0.05, 0) is 45.1 Å². The van der Waals surface area contributed by atoms with Gasteiger partial charge in [-0.15, -0.1) is 0 Å². The molecule has 0 bridgehead atoms. The molecule has 1 saturated carbocycles. The van der Waals surface area contributed by atoms with E-state index in [9.17, 15) is 4.79 Å². The highest BCUT2D eigenvalue weighted by atomic mass is 16.5. The number of hydrogen-bond acceptors (Lipinski definition) is 4. The number of carbonyl (C=O) groups is 1. The summed E-state index contributed by atoms with van der Waals surface area (Å²) >= 11 is 0. The Morgan fingerprint density at radius 3 is 3.00 bits per heavy atom. The van der Waals surface area contributed by atoms with E-state index in [1.165, 1.54) is 38.5 Å². The lowest BCUT2D eigenvalue weighted by atomic mass is 9.78. The Bertz CT molecular complexity index is 469. The average Bonchev–Trinajstić information content (AvgIpc) is 2.84. The van der Waals surface area contributed by atoms with E-state index in [4.69, 9.17) is 4.52 Å². The third kappa shape index (κ3) is 3.03. The van der Waals surface area contributed by atoms with Crippen LogP contribution < -0.4 is 5.32 Å². The molecule has 3 rings (SSSR count). The number of nitrogens with one attached hydrogen (secondary N) is 1. The number of anilines is 1. The lowest BCUT2D eigenvalue weighted by Crippen LogP contribution is -2.49. The largest absolute Gasteiger partial charge is 0.360 e. The van der Waals surface area contributed by atoms with Crippen molar-refractivity contribution in [2.45, 2.75) is 51.5 Å². The first-order valence-electron chi connectivity index (χ1n) is 7.69. The van der Waals surface area contributed by atoms with Crippen LogP contribution in [0.5, 0.6) is 0 Å². The summed E-state index contributed by atoms with van der Waals surface area (Å²) in [5.41, 5.74) is 0. The molecule has 1 aromatic rings. The fourth-order valence-electron chi connectivity index (χ4n) is 3.72. The van der Waals surface area contributed by atoms with Gasteiger partial charge in [0.05, 0.1) is 6.54 Å². The number of nitrogens with zero attached hydrogens (tertiary/aromatic N) is 2. The van der Waals surface area contributed by atoms with E-state index in [-0.39, 0.29) is 5.91 Å². The molecule has 0 spiro atoms. The summed E-state index contributed by atoms with van der Waals surface area (Å²) in [6.45, 7) is 3.35. The Labute approximate surface area is 119 Å². The molecule has 20 heavy (non-hydrogen) atoms. The highest BCUT2D eigenvalue weighted by molar-refractivity contribution is 5.91. The molecular formula is C15H23N3O2. The summed E-state index contributed by atoms with van der Waals surface area (Å²) in [4.78, 5) is 14.5. The zero-order valence-electron chi connectivity index (χ0n) is 12.1. The zero-order valence-corrected chi connectivity index (χ0v) is 12.1. The van der Waals surface area contributed by atoms with Crippen molar-refractivity contribution in [3.05, 3.63) is 11.8 Å². The van der Waals surface area contributed by atoms with Crippen LogP contribution >= 0.6 is 0 Å². The average molecular weight is 277 g/mol. The van der Waals surface area contributed by atoms with Gasteiger partial charge in [0.25, 0.3) is 0 Å². The topological polar surface area (TPSA) is 58.4 Å². The van der Waals surface area contributed by atoms with E-state index in [0.717, 1.165) is 12.5 Å². The third-order valence-corrected chi connectivity index (χ3v) is 4.60. The SMILES string of the molecule is Cc1cc(NC(=O)CN2CCC[C@@H]3CCCC[C@H]32)no1. The molecule has 1 aliphatic carbocycles. The number of piperidine rings is 1. The lowest BCUT2D eigenvalue weighted by molar-refractivity contribution is -0.119. The number of carbonyl (C=O) groups excluding carboxylic acids is 1. The highest BCUT2D eigenvalue weighted by Crippen LogP contribution is 2.34. The Balaban J connectivity index is 1.57. The van der Waals surface area contributed by atoms with Gasteiger partial charge in [0.2, 0.25) is 5.91 Å². The predicted molar refractivity (Wildman–Crippen MR) is 76.4 cm³/mol. The molecule has 2 fully saturated rings. The summed E-state index contributed by atoms with van der Waals surface area (Å²) in [5, 5.41) is 6.62. The van der Waals surface area contributed by atoms with Crippen LogP contribution in [0.2, 0.25) is 0 Å². The second kappa shape index (κ2) is 5.95. The molecule has 1 amide bonds. The maximum atomic E-state index is 12.1. The summed E-state index contributed by atoms with van der Waals surface area (Å²) in [6, 6.07) is 2.36. The van der Waals surface area contributed by atoms with Crippen LogP contribution in [0.15, 0.2) is 10.6 Å². The van der Waals surface area contributed by atoms with Gasteiger partial charge in [-0.2, -0.15) is 0 Å². The van der Waals surface area contributed by atoms with E-state index >= 15 is 0 Å². The minimum absolute atomic E-state index is 0.0181. The van der Waals surface area contributed by atoms with Gasteiger partial charge in [-0.3, -0.25) is 9.69 Å². The number of aryl methyl sites for hydroxylation is 1. The van der Waals surface area contributed by atoms with Gasteiger partial charge in [0.15, 0.2) is 5.82 Å². The molecule has 2 atom stereocenters. The van der Waals surface area contributed by atoms with Gasteiger partial charge in [-0.25, -0.2) is 0 Å². The smallest absolute Gasteiger partial charge is 0.239 e. The maximum absolute atomic E-state index is 12.1. The number of rotatable bonds is 3. The van der Waals surface area contributed by atoms with E-state index in [0.29, 0.717) is 24.2 Å². The molecule has 1 N–H and O–H groups in total. The number of aromatic nitrogens is 1. The van der Waals surface area contributed by atoms with Crippen molar-refractivity contribution in [2.24, 2.45) is 5.92 Å². The maximum Gasteiger partial charge on any atom is 0.239 e. The fourth-order valence-corrected chi connectivity index (χ4v) is 3.72. The van der Waals surface area contributed by atoms with Gasteiger partial charge in [-0.1, -0.05) is 18.0 Å². The van der Waals surface area contributed by atoms with Crippen LogP contribution in [0.4, 0.5) is 5.82 Å². The molecule has 110 valence electrons. The van der Waals surface area contributed by atoms with Crippen LogP contribution in [0.25, 0.3) is 0 Å². The normalized spacial score (nSPS) is 27.1. The first-order valence-corrected chi connectivity index (χ1v) is 7.69. The van der Waals surface area contributed by atoms with E-state index in [1.54, 1.807) is 6.07 Å². The Morgan fingerprint density at radius 1 is 1.40 bits per heavy atom. The van der Waals surface area contributed by atoms with Crippen LogP contribution in [0.1, 0.15) is 44.3 Å². The molecule has 5 nitrogen and oxygen atoms in total. The summed E-state index contributed by atoms with van der Waals surface area (Å²) < 4.78 is 4.96. The van der Waals surface area contributed by atoms with Crippen molar-refractivity contribution >= 4 is 11.7 Å². The summed E-state index contributed by atoms with van der Waals surface area (Å²) in [5.74, 6) is 2.06. The zero-order chi connectivity index (χ0) is 13.9. The Morgan fingerprint density at radius 2 is 2.20 bits per heavy atom. The number of likely N-dealkylation sites (tertiary alicyclic amines) is 1. The van der Waals surface area contributed by atoms with Gasteiger partial charge in [0.1, 0.15) is 5.76 Å². The number of hydrogen-bond donors (Lipinski definition) is 1. The molecule has 2 aliphatic rings. The van der Waals surface area contributed by atoms with Crippen LogP contribution in [0, 0.1) is 12.8 Å². The van der Waals surface area contributed by atoms with E-state index in [1.807, 2.05) is 6.92 Å². The van der Waals surface area contributed by atoms with Crippen molar-refractivity contribution in [1.29, 1.82) is 0 Å². The monoisotopic (exact) mass is 277 g/mol. The standard InChI is InChI=1S/C15H23N3O2/c1-11-9-14(17-20-11)16-15(19)10-18-8-4-6-12-5-2-3-7-13(12)18/h9,12-13H,2-8,10H2,1H3,(H,16,17,19)/t12-,13+/m0/s1. The van der Waals surface area contributed by atoms with Crippen molar-refractivity contribution in [3.8, 4) is 0 Å². The molecular weight excluding hydrogens is 254 g/mol. The highest BCUT2D eigenvalue weighted by Gasteiger charge is 2.33. The third-order valence-electron chi connectivity index (χ3n) is 4.60.